The van der Waals surface area contributed by atoms with Crippen molar-refractivity contribution < 1.29 is 32.3 Å². The van der Waals surface area contributed by atoms with Crippen molar-refractivity contribution in [3.05, 3.63) is 35.1 Å². The summed E-state index contributed by atoms with van der Waals surface area (Å²) in [6.45, 7) is 0.000812. The van der Waals surface area contributed by atoms with Crippen LogP contribution in [-0.4, -0.2) is 35.5 Å². The van der Waals surface area contributed by atoms with Crippen LogP contribution in [0.1, 0.15) is 28.8 Å². The van der Waals surface area contributed by atoms with Crippen LogP contribution in [0.25, 0.3) is 0 Å². The molecule has 0 saturated carbocycles. The molecule has 8 heteroatoms. The number of aliphatic carboxylic acids is 1. The van der Waals surface area contributed by atoms with Crippen molar-refractivity contribution in [3.63, 3.8) is 0 Å². The second-order valence-electron chi connectivity index (χ2n) is 4.42. The van der Waals surface area contributed by atoms with Crippen LogP contribution in [0.2, 0.25) is 0 Å². The van der Waals surface area contributed by atoms with Crippen molar-refractivity contribution in [1.29, 1.82) is 0 Å². The van der Waals surface area contributed by atoms with E-state index in [4.69, 9.17) is 5.11 Å². The number of nitrogens with zero attached hydrogens (tertiary/aromatic N) is 1. The Morgan fingerprint density at radius 2 is 1.90 bits per heavy atom. The standard InChI is InChI=1S/C13H13F4NO3/c1-18(6-2-3-11(19)20)12(21)9-7-8(13(15,16)17)4-5-10(9)14/h4-5,7H,2-3,6H2,1H3,(H,19,20). The zero-order valence-electron chi connectivity index (χ0n) is 11.1. The highest BCUT2D eigenvalue weighted by atomic mass is 19.4. The SMILES string of the molecule is CN(CCCC(=O)O)C(=O)c1cc(C(F)(F)F)ccc1F. The lowest BCUT2D eigenvalue weighted by Gasteiger charge is -2.18. The minimum atomic E-state index is -4.68. The first-order valence-corrected chi connectivity index (χ1v) is 5.97. The molecule has 1 amide bonds. The summed E-state index contributed by atoms with van der Waals surface area (Å²) in [6, 6.07) is 1.59. The van der Waals surface area contributed by atoms with Crippen molar-refractivity contribution in [3.8, 4) is 0 Å². The molecule has 1 rings (SSSR count). The molecule has 0 aliphatic heterocycles. The smallest absolute Gasteiger partial charge is 0.416 e. The number of carboxylic acids is 1. The highest BCUT2D eigenvalue weighted by molar-refractivity contribution is 5.94. The average Bonchev–Trinajstić information content (AvgIpc) is 2.36. The van der Waals surface area contributed by atoms with Gasteiger partial charge < -0.3 is 10.0 Å². The number of alkyl halides is 3. The number of benzene rings is 1. The third-order valence-corrected chi connectivity index (χ3v) is 2.75. The maximum atomic E-state index is 13.5. The van der Waals surface area contributed by atoms with Gasteiger partial charge in [0.1, 0.15) is 5.82 Å². The number of amides is 1. The number of rotatable bonds is 5. The summed E-state index contributed by atoms with van der Waals surface area (Å²) in [4.78, 5) is 23.2. The van der Waals surface area contributed by atoms with E-state index in [9.17, 15) is 27.2 Å². The quantitative estimate of drug-likeness (QED) is 0.851. The normalized spacial score (nSPS) is 11.3. The molecule has 0 aliphatic carbocycles. The Balaban J connectivity index is 2.88. The molecule has 1 aromatic carbocycles. The Hall–Kier alpha value is -2.12. The van der Waals surface area contributed by atoms with Gasteiger partial charge in [-0.15, -0.1) is 0 Å². The molecule has 0 radical (unpaired) electrons. The predicted molar refractivity (Wildman–Crippen MR) is 65.2 cm³/mol. The number of hydrogen-bond donors (Lipinski definition) is 1. The van der Waals surface area contributed by atoms with Gasteiger partial charge in [0.05, 0.1) is 11.1 Å². The largest absolute Gasteiger partial charge is 0.481 e. The average molecular weight is 307 g/mol. The lowest BCUT2D eigenvalue weighted by atomic mass is 10.1. The van der Waals surface area contributed by atoms with E-state index in [2.05, 4.69) is 0 Å². The first-order chi connectivity index (χ1) is 9.62. The van der Waals surface area contributed by atoms with E-state index >= 15 is 0 Å². The zero-order chi connectivity index (χ0) is 16.2. The molecule has 116 valence electrons. The summed E-state index contributed by atoms with van der Waals surface area (Å²) < 4.78 is 51.1. The van der Waals surface area contributed by atoms with E-state index in [-0.39, 0.29) is 19.4 Å². The second kappa shape index (κ2) is 6.55. The summed E-state index contributed by atoms with van der Waals surface area (Å²) in [5, 5.41) is 8.46. The molecule has 1 N–H and O–H groups in total. The van der Waals surface area contributed by atoms with E-state index in [1.165, 1.54) is 7.05 Å². The Morgan fingerprint density at radius 1 is 1.29 bits per heavy atom. The van der Waals surface area contributed by atoms with Crippen LogP contribution >= 0.6 is 0 Å². The fourth-order valence-electron chi connectivity index (χ4n) is 1.64. The van der Waals surface area contributed by atoms with Crippen molar-refractivity contribution in [2.45, 2.75) is 19.0 Å². The molecule has 0 saturated heterocycles. The number of halogens is 4. The Morgan fingerprint density at radius 3 is 2.43 bits per heavy atom. The summed E-state index contributed by atoms with van der Waals surface area (Å²) in [7, 11) is 1.27. The van der Waals surface area contributed by atoms with Gasteiger partial charge in [0.2, 0.25) is 0 Å². The first-order valence-electron chi connectivity index (χ1n) is 5.97. The molecular formula is C13H13F4NO3. The number of hydrogen-bond acceptors (Lipinski definition) is 2. The lowest BCUT2D eigenvalue weighted by Crippen LogP contribution is -2.29. The zero-order valence-corrected chi connectivity index (χ0v) is 11.1. The fraction of sp³-hybridized carbons (Fsp3) is 0.385. The molecular weight excluding hydrogens is 294 g/mol. The molecule has 0 atom stereocenters. The molecule has 0 bridgehead atoms. The van der Waals surface area contributed by atoms with Gasteiger partial charge in [-0.05, 0) is 24.6 Å². The Labute approximate surface area is 118 Å². The predicted octanol–water partition coefficient (Wildman–Crippen LogP) is 2.78. The van der Waals surface area contributed by atoms with Crippen LogP contribution in [0.3, 0.4) is 0 Å². The van der Waals surface area contributed by atoms with Gasteiger partial charge in [0, 0.05) is 20.0 Å². The van der Waals surface area contributed by atoms with E-state index in [1.807, 2.05) is 0 Å². The molecule has 21 heavy (non-hydrogen) atoms. The van der Waals surface area contributed by atoms with Gasteiger partial charge >= 0.3 is 12.1 Å². The van der Waals surface area contributed by atoms with E-state index in [0.29, 0.717) is 18.2 Å². The van der Waals surface area contributed by atoms with Crippen LogP contribution < -0.4 is 0 Å². The highest BCUT2D eigenvalue weighted by Crippen LogP contribution is 2.30. The van der Waals surface area contributed by atoms with Crippen molar-refractivity contribution in [1.82, 2.24) is 4.90 Å². The van der Waals surface area contributed by atoms with Gasteiger partial charge in [-0.3, -0.25) is 9.59 Å². The Bertz CT molecular complexity index is 543. The fourth-order valence-corrected chi connectivity index (χ4v) is 1.64. The number of carbonyl (C=O) groups is 2. The van der Waals surface area contributed by atoms with Crippen molar-refractivity contribution >= 4 is 11.9 Å². The van der Waals surface area contributed by atoms with Crippen LogP contribution in [0, 0.1) is 5.82 Å². The summed E-state index contributed by atoms with van der Waals surface area (Å²) in [5.41, 5.74) is -1.81. The van der Waals surface area contributed by atoms with Gasteiger partial charge in [0.15, 0.2) is 0 Å². The lowest BCUT2D eigenvalue weighted by molar-refractivity contribution is -0.138. The van der Waals surface area contributed by atoms with Crippen molar-refractivity contribution in [2.75, 3.05) is 13.6 Å². The van der Waals surface area contributed by atoms with Crippen LogP contribution in [0.5, 0.6) is 0 Å². The van der Waals surface area contributed by atoms with E-state index in [0.717, 1.165) is 4.90 Å². The summed E-state index contributed by atoms with van der Waals surface area (Å²) >= 11 is 0. The topological polar surface area (TPSA) is 57.6 Å². The molecule has 0 aromatic heterocycles. The maximum absolute atomic E-state index is 13.5. The third kappa shape index (κ3) is 4.73. The van der Waals surface area contributed by atoms with E-state index < -0.39 is 35.0 Å². The second-order valence-corrected chi connectivity index (χ2v) is 4.42. The molecule has 4 nitrogen and oxygen atoms in total. The highest BCUT2D eigenvalue weighted by Gasteiger charge is 2.32. The van der Waals surface area contributed by atoms with Crippen LogP contribution in [0.4, 0.5) is 17.6 Å². The molecule has 0 spiro atoms. The molecule has 0 aliphatic rings. The Kier molecular flexibility index (Phi) is 5.28. The number of carbonyl (C=O) groups excluding carboxylic acids is 1. The molecule has 1 aromatic rings. The van der Waals surface area contributed by atoms with Gasteiger partial charge in [-0.25, -0.2) is 4.39 Å². The van der Waals surface area contributed by atoms with Crippen LogP contribution in [0.15, 0.2) is 18.2 Å². The summed E-state index contributed by atoms with van der Waals surface area (Å²) in [5.74, 6) is -3.04. The molecule has 0 heterocycles. The van der Waals surface area contributed by atoms with Gasteiger partial charge in [-0.2, -0.15) is 13.2 Å². The molecule has 0 unspecified atom stereocenters. The minimum absolute atomic E-state index is 0.000812. The molecule has 0 fully saturated rings. The monoisotopic (exact) mass is 307 g/mol. The van der Waals surface area contributed by atoms with Gasteiger partial charge in [-0.1, -0.05) is 0 Å². The minimum Gasteiger partial charge on any atom is -0.481 e. The van der Waals surface area contributed by atoms with E-state index in [1.54, 1.807) is 0 Å². The summed E-state index contributed by atoms with van der Waals surface area (Å²) in [6.07, 6.45) is -4.74. The van der Waals surface area contributed by atoms with Gasteiger partial charge in [0.25, 0.3) is 5.91 Å². The third-order valence-electron chi connectivity index (χ3n) is 2.75. The van der Waals surface area contributed by atoms with Crippen molar-refractivity contribution in [2.24, 2.45) is 0 Å². The van der Waals surface area contributed by atoms with Crippen LogP contribution in [-0.2, 0) is 11.0 Å². The maximum Gasteiger partial charge on any atom is 0.416 e. The first kappa shape index (κ1) is 16.9. The number of carboxylic acid groups (broad SMARTS) is 1.